The number of esters is 4. The van der Waals surface area contributed by atoms with Crippen LogP contribution in [0.5, 0.6) is 34.5 Å². The van der Waals surface area contributed by atoms with Gasteiger partial charge in [0.2, 0.25) is 12.0 Å². The van der Waals surface area contributed by atoms with Crippen LogP contribution in [0.25, 0.3) is 0 Å². The van der Waals surface area contributed by atoms with Crippen LogP contribution in [-0.2, 0) is 33.3 Å². The molecule has 46 heavy (non-hydrogen) atoms. The van der Waals surface area contributed by atoms with Gasteiger partial charge in [-0.25, -0.2) is 14.4 Å². The van der Waals surface area contributed by atoms with E-state index in [1.165, 1.54) is 0 Å². The van der Waals surface area contributed by atoms with Gasteiger partial charge < -0.3 is 69.6 Å². The molecule has 0 amide bonds. The first-order valence-corrected chi connectivity index (χ1v) is 13.2. The average Bonchev–Trinajstić information content (AvgIpc) is 3.00. The molecule has 1 saturated heterocycles. The van der Waals surface area contributed by atoms with E-state index >= 15 is 0 Å². The van der Waals surface area contributed by atoms with E-state index in [1.807, 2.05) is 0 Å². The topological polar surface area (TPSA) is 314 Å². The van der Waals surface area contributed by atoms with Crippen molar-refractivity contribution in [3.8, 4) is 34.5 Å². The Balaban J connectivity index is 1.64. The zero-order chi connectivity index (χ0) is 33.8. The number of hydrogen-bond donors (Lipinski definition) is 9. The lowest BCUT2D eigenvalue weighted by Crippen LogP contribution is -2.62. The van der Waals surface area contributed by atoms with Crippen LogP contribution in [0.2, 0.25) is 0 Å². The molecule has 19 nitrogen and oxygen atoms in total. The summed E-state index contributed by atoms with van der Waals surface area (Å²) in [6.45, 7) is -1.06. The maximum absolute atomic E-state index is 13.6. The van der Waals surface area contributed by atoms with Gasteiger partial charge >= 0.3 is 29.8 Å². The van der Waals surface area contributed by atoms with Gasteiger partial charge in [-0.15, -0.1) is 0 Å². The van der Waals surface area contributed by atoms with E-state index in [1.54, 1.807) is 0 Å². The Kier molecular flexibility index (Phi) is 8.26. The van der Waals surface area contributed by atoms with Crippen molar-refractivity contribution in [2.24, 2.45) is 5.92 Å². The van der Waals surface area contributed by atoms with E-state index < -0.39 is 143 Å². The van der Waals surface area contributed by atoms with Gasteiger partial charge in [0.15, 0.2) is 47.1 Å². The number of carbonyl (C=O) groups excluding carboxylic acids is 4. The fourth-order valence-electron chi connectivity index (χ4n) is 5.40. The Morgan fingerprint density at radius 2 is 1.48 bits per heavy atom. The molecular formula is C27H24O19. The van der Waals surface area contributed by atoms with Gasteiger partial charge in [-0.05, 0) is 18.2 Å². The van der Waals surface area contributed by atoms with Crippen LogP contribution >= 0.6 is 0 Å². The third-order valence-corrected chi connectivity index (χ3v) is 7.56. The second-order valence-corrected chi connectivity index (χ2v) is 10.4. The number of aliphatic carboxylic acids is 1. The number of aliphatic hydroxyl groups is 3. The second-order valence-electron chi connectivity index (χ2n) is 10.4. The normalized spacial score (nSPS) is 28.9. The number of phenols is 5. The molecule has 19 heteroatoms. The van der Waals surface area contributed by atoms with E-state index in [2.05, 4.69) is 0 Å². The third kappa shape index (κ3) is 5.40. The molecule has 0 aliphatic carbocycles. The maximum Gasteiger partial charge on any atom is 0.341 e. The Morgan fingerprint density at radius 1 is 0.848 bits per heavy atom. The Bertz CT molecular complexity index is 1610. The SMILES string of the molecule is O=C(O)C[C@@H]1C(=O)O[C@H]2[C@H](O)[C@@H](OC(=O)c3cc(O)c(O)c4c3[C@H]1[C@@H](O)C(=O)O4)[C@@H](OC(=O)c1cc(O)c(O)c(O)c1)O[C@H]2CO. The Morgan fingerprint density at radius 3 is 2.09 bits per heavy atom. The molecular weight excluding hydrogens is 628 g/mol. The smallest absolute Gasteiger partial charge is 0.341 e. The number of ether oxygens (including phenoxy) is 5. The number of carboxylic acids is 1. The zero-order valence-corrected chi connectivity index (χ0v) is 22.9. The quantitative estimate of drug-likeness (QED) is 0.0733. The molecule has 2 aromatic carbocycles. The molecule has 9 N–H and O–H groups in total. The lowest BCUT2D eigenvalue weighted by molar-refractivity contribution is -0.288. The summed E-state index contributed by atoms with van der Waals surface area (Å²) in [6, 6.07) is 1.92. The van der Waals surface area contributed by atoms with Crippen molar-refractivity contribution in [2.75, 3.05) is 6.61 Å². The molecule has 0 radical (unpaired) electrons. The van der Waals surface area contributed by atoms with Crippen molar-refractivity contribution in [3.05, 3.63) is 34.9 Å². The highest BCUT2D eigenvalue weighted by Crippen LogP contribution is 2.51. The minimum absolute atomic E-state index is 0.573. The Hall–Kier alpha value is -5.37. The summed E-state index contributed by atoms with van der Waals surface area (Å²) in [6.07, 6.45) is -13.7. The van der Waals surface area contributed by atoms with Crippen LogP contribution < -0.4 is 4.74 Å². The van der Waals surface area contributed by atoms with Gasteiger partial charge in [-0.1, -0.05) is 0 Å². The van der Waals surface area contributed by atoms with Crippen molar-refractivity contribution in [2.45, 2.75) is 49.1 Å². The molecule has 0 aromatic heterocycles. The molecule has 2 bridgehead atoms. The highest BCUT2D eigenvalue weighted by molar-refractivity contribution is 5.97. The molecule has 5 rings (SSSR count). The van der Waals surface area contributed by atoms with Crippen molar-refractivity contribution in [3.63, 3.8) is 0 Å². The van der Waals surface area contributed by atoms with E-state index in [9.17, 15) is 69.9 Å². The van der Waals surface area contributed by atoms with Gasteiger partial charge in [0, 0.05) is 11.5 Å². The highest BCUT2D eigenvalue weighted by Gasteiger charge is 2.55. The minimum Gasteiger partial charge on any atom is -0.504 e. The van der Waals surface area contributed by atoms with Crippen LogP contribution in [-0.4, -0.2) is 119 Å². The first kappa shape index (κ1) is 32.0. The molecule has 3 aliphatic heterocycles. The number of carbonyl (C=O) groups is 5. The molecule has 0 spiro atoms. The van der Waals surface area contributed by atoms with Gasteiger partial charge in [0.25, 0.3) is 0 Å². The summed E-state index contributed by atoms with van der Waals surface area (Å²) in [5, 5.41) is 91.4. The van der Waals surface area contributed by atoms with Gasteiger partial charge in [0.05, 0.1) is 30.1 Å². The number of aromatic hydroxyl groups is 5. The summed E-state index contributed by atoms with van der Waals surface area (Å²) in [4.78, 5) is 64.4. The molecule has 2 aromatic rings. The van der Waals surface area contributed by atoms with Gasteiger partial charge in [-0.3, -0.25) is 9.59 Å². The van der Waals surface area contributed by atoms with Crippen LogP contribution in [0.3, 0.4) is 0 Å². The molecule has 246 valence electrons. The molecule has 1 fully saturated rings. The Labute approximate surface area is 254 Å². The predicted molar refractivity (Wildman–Crippen MR) is 138 cm³/mol. The average molecular weight is 652 g/mol. The maximum atomic E-state index is 13.6. The summed E-state index contributed by atoms with van der Waals surface area (Å²) in [7, 11) is 0. The van der Waals surface area contributed by atoms with Crippen molar-refractivity contribution < 1.29 is 93.6 Å². The predicted octanol–water partition coefficient (Wildman–Crippen LogP) is -1.95. The van der Waals surface area contributed by atoms with Crippen molar-refractivity contribution in [1.82, 2.24) is 0 Å². The van der Waals surface area contributed by atoms with Crippen LogP contribution in [0.1, 0.15) is 38.6 Å². The largest absolute Gasteiger partial charge is 0.504 e. The monoisotopic (exact) mass is 652 g/mol. The first-order valence-electron chi connectivity index (χ1n) is 13.2. The number of carboxylic acid groups (broad SMARTS) is 1. The zero-order valence-electron chi connectivity index (χ0n) is 22.9. The number of phenolic OH excluding ortho intramolecular Hbond substituents is 5. The molecule has 3 aliphatic rings. The third-order valence-electron chi connectivity index (χ3n) is 7.56. The van der Waals surface area contributed by atoms with Crippen LogP contribution in [0.15, 0.2) is 18.2 Å². The van der Waals surface area contributed by atoms with Gasteiger partial charge in [-0.2, -0.15) is 0 Å². The van der Waals surface area contributed by atoms with Crippen molar-refractivity contribution in [1.29, 1.82) is 0 Å². The molecule has 0 saturated carbocycles. The molecule has 3 heterocycles. The van der Waals surface area contributed by atoms with E-state index in [4.69, 9.17) is 23.7 Å². The van der Waals surface area contributed by atoms with E-state index in [0.717, 1.165) is 0 Å². The van der Waals surface area contributed by atoms with Crippen LogP contribution in [0, 0.1) is 5.92 Å². The summed E-state index contributed by atoms with van der Waals surface area (Å²) in [5.41, 5.74) is -2.06. The number of benzene rings is 2. The van der Waals surface area contributed by atoms with Crippen molar-refractivity contribution >= 4 is 29.8 Å². The lowest BCUT2D eigenvalue weighted by Gasteiger charge is -2.42. The minimum atomic E-state index is -2.35. The molecule has 0 unspecified atom stereocenters. The molecule has 8 atom stereocenters. The summed E-state index contributed by atoms with van der Waals surface area (Å²) in [5.74, 6) is -17.6. The second kappa shape index (κ2) is 11.9. The highest BCUT2D eigenvalue weighted by atomic mass is 16.7. The fraction of sp³-hybridized carbons (Fsp3) is 0.370. The van der Waals surface area contributed by atoms with E-state index in [-0.39, 0.29) is 0 Å². The van der Waals surface area contributed by atoms with E-state index in [0.29, 0.717) is 18.2 Å². The van der Waals surface area contributed by atoms with Gasteiger partial charge in [0.1, 0.15) is 12.2 Å². The van der Waals surface area contributed by atoms with Crippen LogP contribution in [0.4, 0.5) is 0 Å². The lowest BCUT2D eigenvalue weighted by atomic mass is 9.76. The number of hydrogen-bond acceptors (Lipinski definition) is 18. The number of fused-ring (bicyclic) bond motifs is 2. The number of rotatable bonds is 5. The standard InChI is InChI=1S/C27H24O19/c28-5-12-20-19(37)22(27(42-12)46-23(38)6-1-9(29)16(34)10(30)2-6)45-24(39)7-3-11(31)17(35)21-15(7)14(18(36)26(41)44-21)8(4-13(32)33)25(40)43-20/h1-3,8,12,14,18-20,22,27-31,34-37H,4-5H2,(H,32,33)/t8-,12-,14-,18+,19-,20+,22+,27+/m0/s1. The summed E-state index contributed by atoms with van der Waals surface area (Å²) < 4.78 is 26.2. The number of aliphatic hydroxyl groups excluding tert-OH is 3. The first-order chi connectivity index (χ1) is 21.6. The summed E-state index contributed by atoms with van der Waals surface area (Å²) >= 11 is 0. The fourth-order valence-corrected chi connectivity index (χ4v) is 5.40.